The van der Waals surface area contributed by atoms with E-state index in [1.807, 2.05) is 6.07 Å². The van der Waals surface area contributed by atoms with Gasteiger partial charge < -0.3 is 4.74 Å². The Bertz CT molecular complexity index is 804. The Kier molecular flexibility index (Phi) is 6.36. The van der Waals surface area contributed by atoms with Crippen molar-refractivity contribution in [3.63, 3.8) is 0 Å². The summed E-state index contributed by atoms with van der Waals surface area (Å²) < 4.78 is 45.2. The molecule has 0 N–H and O–H groups in total. The zero-order valence-corrected chi connectivity index (χ0v) is 15.8. The van der Waals surface area contributed by atoms with E-state index in [0.29, 0.717) is 18.6 Å². The number of hydrogen-bond acceptors (Lipinski definition) is 4. The van der Waals surface area contributed by atoms with Gasteiger partial charge in [0.05, 0.1) is 13.0 Å². The van der Waals surface area contributed by atoms with Crippen molar-refractivity contribution < 1.29 is 22.7 Å². The smallest absolute Gasteiger partial charge is 0.390 e. The van der Waals surface area contributed by atoms with Gasteiger partial charge in [0.15, 0.2) is 6.29 Å². The van der Waals surface area contributed by atoms with E-state index < -0.39 is 12.6 Å². The largest absolute Gasteiger partial charge is 0.491 e. The molecular formula is C20H24F3N3O2. The number of ether oxygens (including phenoxy) is 1. The third-order valence-corrected chi connectivity index (χ3v) is 5.24. The molecule has 1 saturated carbocycles. The number of halogens is 3. The van der Waals surface area contributed by atoms with Crippen molar-refractivity contribution in [3.05, 3.63) is 41.5 Å². The third kappa shape index (κ3) is 5.11. The second-order valence-electron chi connectivity index (χ2n) is 7.26. The van der Waals surface area contributed by atoms with Crippen LogP contribution in [-0.4, -0.2) is 33.8 Å². The lowest BCUT2D eigenvalue weighted by Gasteiger charge is -2.32. The number of aryl methyl sites for hydroxylation is 2. The summed E-state index contributed by atoms with van der Waals surface area (Å²) in [6, 6.07) is 5.33. The quantitative estimate of drug-likeness (QED) is 0.638. The SMILES string of the molecule is Cc1ccc(OCC2CCCCC2c2ccnn2CCC(F)(F)F)c(C=O)n1. The molecule has 3 rings (SSSR count). The molecule has 0 aromatic carbocycles. The number of carbonyl (C=O) groups is 1. The topological polar surface area (TPSA) is 57.0 Å². The first-order chi connectivity index (χ1) is 13.4. The summed E-state index contributed by atoms with van der Waals surface area (Å²) in [6.45, 7) is 2.02. The van der Waals surface area contributed by atoms with Crippen molar-refractivity contribution in [2.75, 3.05) is 6.61 Å². The normalized spacial score (nSPS) is 20.1. The van der Waals surface area contributed by atoms with Crippen molar-refractivity contribution in [3.8, 4) is 5.75 Å². The Balaban J connectivity index is 1.71. The standard InChI is InChI=1S/C20H24F3N3O2/c1-14-6-7-19(17(12-27)25-14)28-13-15-4-2-3-5-16(15)18-8-10-24-26(18)11-9-20(21,22)23/h6-8,10,12,15-16H,2-5,9,11,13H2,1H3. The fraction of sp³-hybridized carbons (Fsp3) is 0.550. The van der Waals surface area contributed by atoms with Gasteiger partial charge in [0.1, 0.15) is 11.4 Å². The number of rotatable bonds is 7. The number of pyridine rings is 1. The van der Waals surface area contributed by atoms with Crippen LogP contribution < -0.4 is 4.74 Å². The molecule has 152 valence electrons. The Morgan fingerprint density at radius 2 is 2.04 bits per heavy atom. The Labute approximate surface area is 161 Å². The van der Waals surface area contributed by atoms with Gasteiger partial charge in [-0.15, -0.1) is 0 Å². The maximum Gasteiger partial charge on any atom is 0.390 e. The molecule has 2 unspecified atom stereocenters. The average Bonchev–Trinajstić information content (AvgIpc) is 3.13. The van der Waals surface area contributed by atoms with E-state index in [-0.39, 0.29) is 24.1 Å². The highest BCUT2D eigenvalue weighted by atomic mass is 19.4. The van der Waals surface area contributed by atoms with Crippen LogP contribution in [-0.2, 0) is 6.54 Å². The first kappa shape index (κ1) is 20.4. The number of aromatic nitrogens is 3. The van der Waals surface area contributed by atoms with Gasteiger partial charge in [0.25, 0.3) is 0 Å². The number of hydrogen-bond donors (Lipinski definition) is 0. The molecule has 0 bridgehead atoms. The van der Waals surface area contributed by atoms with Crippen LogP contribution in [0, 0.1) is 12.8 Å². The lowest BCUT2D eigenvalue weighted by Crippen LogP contribution is -2.27. The highest BCUT2D eigenvalue weighted by Gasteiger charge is 2.31. The molecule has 2 aromatic heterocycles. The third-order valence-electron chi connectivity index (χ3n) is 5.24. The molecule has 2 heterocycles. The van der Waals surface area contributed by atoms with Gasteiger partial charge in [-0.05, 0) is 38.0 Å². The Morgan fingerprint density at radius 3 is 2.79 bits per heavy atom. The van der Waals surface area contributed by atoms with Crippen LogP contribution in [0.2, 0.25) is 0 Å². The second kappa shape index (κ2) is 8.75. The Morgan fingerprint density at radius 1 is 1.25 bits per heavy atom. The maximum absolute atomic E-state index is 12.6. The molecule has 0 spiro atoms. The van der Waals surface area contributed by atoms with Crippen LogP contribution in [0.15, 0.2) is 24.4 Å². The van der Waals surface area contributed by atoms with Gasteiger partial charge >= 0.3 is 6.18 Å². The van der Waals surface area contributed by atoms with Gasteiger partial charge in [-0.2, -0.15) is 18.3 Å². The second-order valence-corrected chi connectivity index (χ2v) is 7.26. The predicted octanol–water partition coefficient (Wildman–Crippen LogP) is 4.70. The minimum Gasteiger partial charge on any atom is -0.491 e. The fourth-order valence-corrected chi connectivity index (χ4v) is 3.84. The number of aldehydes is 1. The molecule has 1 aliphatic carbocycles. The van der Waals surface area contributed by atoms with Crippen molar-refractivity contribution in [1.29, 1.82) is 0 Å². The minimum atomic E-state index is -4.21. The van der Waals surface area contributed by atoms with Crippen LogP contribution >= 0.6 is 0 Å². The van der Waals surface area contributed by atoms with Crippen molar-refractivity contribution >= 4 is 6.29 Å². The minimum absolute atomic E-state index is 0.0857. The van der Waals surface area contributed by atoms with E-state index in [0.717, 1.165) is 37.1 Å². The first-order valence-electron chi connectivity index (χ1n) is 9.51. The van der Waals surface area contributed by atoms with Crippen molar-refractivity contribution in [2.24, 2.45) is 5.92 Å². The van der Waals surface area contributed by atoms with Crippen LogP contribution in [0.4, 0.5) is 13.2 Å². The van der Waals surface area contributed by atoms with Crippen LogP contribution in [0.5, 0.6) is 5.75 Å². The molecule has 0 amide bonds. The van der Waals surface area contributed by atoms with Crippen molar-refractivity contribution in [2.45, 2.75) is 57.7 Å². The summed E-state index contributed by atoms with van der Waals surface area (Å²) in [6.07, 6.45) is 1.02. The van der Waals surface area contributed by atoms with E-state index in [1.54, 1.807) is 25.3 Å². The lowest BCUT2D eigenvalue weighted by molar-refractivity contribution is -0.137. The van der Waals surface area contributed by atoms with E-state index in [9.17, 15) is 18.0 Å². The molecule has 2 atom stereocenters. The summed E-state index contributed by atoms with van der Waals surface area (Å²) in [7, 11) is 0. The highest BCUT2D eigenvalue weighted by molar-refractivity contribution is 5.76. The van der Waals surface area contributed by atoms with Crippen LogP contribution in [0.25, 0.3) is 0 Å². The molecule has 5 nitrogen and oxygen atoms in total. The van der Waals surface area contributed by atoms with Crippen LogP contribution in [0.1, 0.15) is 59.9 Å². The molecule has 28 heavy (non-hydrogen) atoms. The molecule has 8 heteroatoms. The summed E-state index contributed by atoms with van der Waals surface area (Å²) in [5, 5.41) is 4.10. The number of carbonyl (C=O) groups excluding carboxylic acids is 1. The van der Waals surface area contributed by atoms with E-state index >= 15 is 0 Å². The molecule has 0 radical (unpaired) electrons. The van der Waals surface area contributed by atoms with Gasteiger partial charge in [-0.1, -0.05) is 12.8 Å². The number of nitrogens with zero attached hydrogens (tertiary/aromatic N) is 3. The van der Waals surface area contributed by atoms with Gasteiger partial charge in [0, 0.05) is 36.0 Å². The molecule has 0 saturated heterocycles. The summed E-state index contributed by atoms with van der Waals surface area (Å²) in [5.41, 5.74) is 1.83. The molecule has 1 aliphatic rings. The highest BCUT2D eigenvalue weighted by Crippen LogP contribution is 2.38. The predicted molar refractivity (Wildman–Crippen MR) is 97.5 cm³/mol. The molecule has 0 aliphatic heterocycles. The molecule has 2 aromatic rings. The lowest BCUT2D eigenvalue weighted by atomic mass is 9.78. The Hall–Kier alpha value is -2.38. The van der Waals surface area contributed by atoms with Gasteiger partial charge in [-0.3, -0.25) is 9.48 Å². The average molecular weight is 395 g/mol. The van der Waals surface area contributed by atoms with E-state index in [4.69, 9.17) is 4.74 Å². The van der Waals surface area contributed by atoms with Crippen molar-refractivity contribution in [1.82, 2.24) is 14.8 Å². The van der Waals surface area contributed by atoms with Gasteiger partial charge in [0.2, 0.25) is 0 Å². The fourth-order valence-electron chi connectivity index (χ4n) is 3.84. The first-order valence-corrected chi connectivity index (χ1v) is 9.51. The van der Waals surface area contributed by atoms with Gasteiger partial charge in [-0.25, -0.2) is 4.98 Å². The zero-order valence-electron chi connectivity index (χ0n) is 15.8. The van der Waals surface area contributed by atoms with E-state index in [1.165, 1.54) is 4.68 Å². The van der Waals surface area contributed by atoms with Crippen LogP contribution in [0.3, 0.4) is 0 Å². The summed E-state index contributed by atoms with van der Waals surface area (Å²) in [5.74, 6) is 0.675. The zero-order chi connectivity index (χ0) is 20.1. The summed E-state index contributed by atoms with van der Waals surface area (Å²) >= 11 is 0. The molecule has 1 fully saturated rings. The maximum atomic E-state index is 12.6. The molecular weight excluding hydrogens is 371 g/mol. The number of alkyl halides is 3. The summed E-state index contributed by atoms with van der Waals surface area (Å²) in [4.78, 5) is 15.4. The monoisotopic (exact) mass is 395 g/mol. The van der Waals surface area contributed by atoms with E-state index in [2.05, 4.69) is 10.1 Å².